The number of aromatic nitrogens is 4. The molecule has 15 heavy (non-hydrogen) atoms. The van der Waals surface area contributed by atoms with Crippen LogP contribution in [0.15, 0.2) is 24.5 Å². The van der Waals surface area contributed by atoms with E-state index in [2.05, 4.69) is 15.3 Å². The van der Waals surface area contributed by atoms with E-state index in [-0.39, 0.29) is 0 Å². The van der Waals surface area contributed by atoms with Crippen LogP contribution in [0.3, 0.4) is 0 Å². The molecule has 0 aliphatic carbocycles. The number of carbonyl (C=O) groups is 1. The van der Waals surface area contributed by atoms with Crippen molar-refractivity contribution in [3.05, 3.63) is 41.5 Å². The zero-order chi connectivity index (χ0) is 10.7. The first-order valence-corrected chi connectivity index (χ1v) is 4.55. The van der Waals surface area contributed by atoms with Gasteiger partial charge < -0.3 is 0 Å². The van der Waals surface area contributed by atoms with Crippen LogP contribution in [-0.4, -0.2) is 26.3 Å². The standard InChI is InChI=1S/C10H10N4O/c1-8-3-2-4-11-10(8)6-14-5-9(7-15)12-13-14/h2-5,7H,6H2,1H3. The molecule has 0 aromatic carbocycles. The Morgan fingerprint density at radius 2 is 2.40 bits per heavy atom. The molecule has 0 spiro atoms. The fraction of sp³-hybridized carbons (Fsp3) is 0.200. The van der Waals surface area contributed by atoms with Gasteiger partial charge in [-0.1, -0.05) is 11.3 Å². The maximum absolute atomic E-state index is 10.4. The summed E-state index contributed by atoms with van der Waals surface area (Å²) in [7, 11) is 0. The summed E-state index contributed by atoms with van der Waals surface area (Å²) in [6.07, 6.45) is 4.01. The summed E-state index contributed by atoms with van der Waals surface area (Å²) < 4.78 is 1.60. The fourth-order valence-electron chi connectivity index (χ4n) is 1.28. The predicted molar refractivity (Wildman–Crippen MR) is 53.5 cm³/mol. The zero-order valence-corrected chi connectivity index (χ0v) is 8.29. The fourth-order valence-corrected chi connectivity index (χ4v) is 1.28. The van der Waals surface area contributed by atoms with Crippen molar-refractivity contribution in [2.45, 2.75) is 13.5 Å². The summed E-state index contributed by atoms with van der Waals surface area (Å²) in [5, 5.41) is 7.50. The predicted octanol–water partition coefficient (Wildman–Crippen LogP) is 0.842. The highest BCUT2D eigenvalue weighted by atomic mass is 16.1. The Kier molecular flexibility index (Phi) is 2.53. The van der Waals surface area contributed by atoms with Gasteiger partial charge in [-0.15, -0.1) is 5.10 Å². The first-order chi connectivity index (χ1) is 7.29. The molecule has 2 rings (SSSR count). The van der Waals surface area contributed by atoms with Gasteiger partial charge in [0.05, 0.1) is 18.4 Å². The molecule has 0 radical (unpaired) electrons. The summed E-state index contributed by atoms with van der Waals surface area (Å²) in [5.74, 6) is 0. The molecular weight excluding hydrogens is 192 g/mol. The van der Waals surface area contributed by atoms with E-state index >= 15 is 0 Å². The van der Waals surface area contributed by atoms with E-state index < -0.39 is 0 Å². The summed E-state index contributed by atoms with van der Waals surface area (Å²) >= 11 is 0. The van der Waals surface area contributed by atoms with Crippen molar-refractivity contribution in [3.8, 4) is 0 Å². The van der Waals surface area contributed by atoms with Gasteiger partial charge in [0.15, 0.2) is 6.29 Å². The smallest absolute Gasteiger partial charge is 0.171 e. The highest BCUT2D eigenvalue weighted by Crippen LogP contribution is 2.04. The topological polar surface area (TPSA) is 60.7 Å². The zero-order valence-electron chi connectivity index (χ0n) is 8.29. The third kappa shape index (κ3) is 2.07. The van der Waals surface area contributed by atoms with Gasteiger partial charge in [-0.3, -0.25) is 9.78 Å². The van der Waals surface area contributed by atoms with Crippen LogP contribution in [0.25, 0.3) is 0 Å². The van der Waals surface area contributed by atoms with Crippen LogP contribution in [0, 0.1) is 6.92 Å². The second kappa shape index (κ2) is 4.00. The SMILES string of the molecule is Cc1cccnc1Cn1cc(C=O)nn1. The summed E-state index contributed by atoms with van der Waals surface area (Å²) in [6, 6.07) is 3.87. The lowest BCUT2D eigenvalue weighted by atomic mass is 10.2. The van der Waals surface area contributed by atoms with E-state index in [0.29, 0.717) is 18.5 Å². The number of rotatable bonds is 3. The van der Waals surface area contributed by atoms with Crippen molar-refractivity contribution in [3.63, 3.8) is 0 Å². The normalized spacial score (nSPS) is 10.2. The molecule has 0 atom stereocenters. The summed E-state index contributed by atoms with van der Waals surface area (Å²) in [5.41, 5.74) is 2.36. The van der Waals surface area contributed by atoms with Crippen LogP contribution in [0.1, 0.15) is 21.7 Å². The van der Waals surface area contributed by atoms with Crippen molar-refractivity contribution in [1.29, 1.82) is 0 Å². The molecule has 0 saturated carbocycles. The largest absolute Gasteiger partial charge is 0.296 e. The third-order valence-corrected chi connectivity index (χ3v) is 2.11. The van der Waals surface area contributed by atoms with E-state index in [4.69, 9.17) is 0 Å². The minimum absolute atomic E-state index is 0.337. The molecule has 2 heterocycles. The van der Waals surface area contributed by atoms with Crippen LogP contribution >= 0.6 is 0 Å². The lowest BCUT2D eigenvalue weighted by Crippen LogP contribution is -2.04. The van der Waals surface area contributed by atoms with Crippen LogP contribution in [0.2, 0.25) is 0 Å². The van der Waals surface area contributed by atoms with Gasteiger partial charge in [-0.2, -0.15) is 0 Å². The molecule has 0 fully saturated rings. The van der Waals surface area contributed by atoms with Crippen molar-refractivity contribution in [2.75, 3.05) is 0 Å². The first-order valence-electron chi connectivity index (χ1n) is 4.55. The average Bonchev–Trinajstić information content (AvgIpc) is 2.69. The monoisotopic (exact) mass is 202 g/mol. The Bertz CT molecular complexity index is 478. The molecule has 0 saturated heterocycles. The minimum atomic E-state index is 0.337. The second-order valence-corrected chi connectivity index (χ2v) is 3.23. The Morgan fingerprint density at radius 3 is 3.07 bits per heavy atom. The number of aldehydes is 1. The van der Waals surface area contributed by atoms with Gasteiger partial charge in [-0.25, -0.2) is 4.68 Å². The van der Waals surface area contributed by atoms with Gasteiger partial charge in [0.2, 0.25) is 0 Å². The Balaban J connectivity index is 2.22. The summed E-state index contributed by atoms with van der Waals surface area (Å²) in [4.78, 5) is 14.6. The number of hydrogen-bond acceptors (Lipinski definition) is 4. The van der Waals surface area contributed by atoms with Gasteiger partial charge >= 0.3 is 0 Å². The Labute approximate surface area is 86.8 Å². The van der Waals surface area contributed by atoms with E-state index in [9.17, 15) is 4.79 Å². The quantitative estimate of drug-likeness (QED) is 0.692. The van der Waals surface area contributed by atoms with Gasteiger partial charge in [0.25, 0.3) is 0 Å². The molecule has 0 aliphatic rings. The lowest BCUT2D eigenvalue weighted by molar-refractivity contribution is 0.111. The molecule has 0 amide bonds. The molecule has 0 unspecified atom stereocenters. The van der Waals surface area contributed by atoms with Crippen LogP contribution in [0.5, 0.6) is 0 Å². The average molecular weight is 202 g/mol. The molecule has 5 heteroatoms. The van der Waals surface area contributed by atoms with Crippen LogP contribution < -0.4 is 0 Å². The number of aryl methyl sites for hydroxylation is 1. The van der Waals surface area contributed by atoms with E-state index in [1.54, 1.807) is 17.1 Å². The Morgan fingerprint density at radius 1 is 1.53 bits per heavy atom. The van der Waals surface area contributed by atoms with Crippen LogP contribution in [0.4, 0.5) is 0 Å². The molecule has 5 nitrogen and oxygen atoms in total. The number of nitrogens with zero attached hydrogens (tertiary/aromatic N) is 4. The maximum atomic E-state index is 10.4. The molecule has 0 N–H and O–H groups in total. The van der Waals surface area contributed by atoms with Crippen molar-refractivity contribution in [2.24, 2.45) is 0 Å². The van der Waals surface area contributed by atoms with Crippen LogP contribution in [-0.2, 0) is 6.54 Å². The van der Waals surface area contributed by atoms with E-state index in [1.807, 2.05) is 19.1 Å². The number of pyridine rings is 1. The van der Waals surface area contributed by atoms with Crippen molar-refractivity contribution < 1.29 is 4.79 Å². The van der Waals surface area contributed by atoms with Crippen molar-refractivity contribution >= 4 is 6.29 Å². The van der Waals surface area contributed by atoms with Gasteiger partial charge in [0, 0.05) is 6.20 Å². The number of hydrogen-bond donors (Lipinski definition) is 0. The highest BCUT2D eigenvalue weighted by Gasteiger charge is 2.02. The molecule has 2 aromatic heterocycles. The van der Waals surface area contributed by atoms with Gasteiger partial charge in [-0.05, 0) is 18.6 Å². The molecule has 0 aliphatic heterocycles. The van der Waals surface area contributed by atoms with Gasteiger partial charge in [0.1, 0.15) is 5.69 Å². The number of carbonyl (C=O) groups excluding carboxylic acids is 1. The molecule has 2 aromatic rings. The highest BCUT2D eigenvalue weighted by molar-refractivity contribution is 5.70. The minimum Gasteiger partial charge on any atom is -0.296 e. The second-order valence-electron chi connectivity index (χ2n) is 3.23. The molecular formula is C10H10N4O. The van der Waals surface area contributed by atoms with E-state index in [0.717, 1.165) is 11.3 Å². The third-order valence-electron chi connectivity index (χ3n) is 2.11. The van der Waals surface area contributed by atoms with E-state index in [1.165, 1.54) is 0 Å². The molecule has 76 valence electrons. The first kappa shape index (κ1) is 9.51. The maximum Gasteiger partial charge on any atom is 0.171 e. The molecule has 0 bridgehead atoms. The Hall–Kier alpha value is -2.04. The van der Waals surface area contributed by atoms with Crippen molar-refractivity contribution in [1.82, 2.24) is 20.0 Å². The lowest BCUT2D eigenvalue weighted by Gasteiger charge is -2.02. The summed E-state index contributed by atoms with van der Waals surface area (Å²) in [6.45, 7) is 2.52.